The van der Waals surface area contributed by atoms with E-state index in [0.717, 1.165) is 11.8 Å². The SMILES string of the molecule is CN(C)c1cc2oc(=O)c(C(=O)Sc3ccc(C(=O)NCC(=O)O)cc3)cc2cc1O. The van der Waals surface area contributed by atoms with E-state index in [0.29, 0.717) is 16.0 Å². The lowest BCUT2D eigenvalue weighted by molar-refractivity contribution is -0.135. The van der Waals surface area contributed by atoms with Gasteiger partial charge in [-0.15, -0.1) is 0 Å². The lowest BCUT2D eigenvalue weighted by Gasteiger charge is -2.14. The van der Waals surface area contributed by atoms with Gasteiger partial charge in [-0.05, 0) is 48.2 Å². The average molecular weight is 442 g/mol. The summed E-state index contributed by atoms with van der Waals surface area (Å²) in [5.74, 6) is -1.74. The van der Waals surface area contributed by atoms with E-state index >= 15 is 0 Å². The van der Waals surface area contributed by atoms with E-state index in [4.69, 9.17) is 9.52 Å². The van der Waals surface area contributed by atoms with E-state index in [2.05, 4.69) is 5.32 Å². The predicted molar refractivity (Wildman–Crippen MR) is 115 cm³/mol. The highest BCUT2D eigenvalue weighted by Crippen LogP contribution is 2.31. The second kappa shape index (κ2) is 8.92. The lowest BCUT2D eigenvalue weighted by atomic mass is 10.1. The van der Waals surface area contributed by atoms with Crippen LogP contribution in [0, 0.1) is 0 Å². The van der Waals surface area contributed by atoms with Crippen molar-refractivity contribution in [1.82, 2.24) is 5.32 Å². The first kappa shape index (κ1) is 21.9. The number of phenolic OH excluding ortho intramolecular Hbond substituents is 1. The van der Waals surface area contributed by atoms with Crippen molar-refractivity contribution < 1.29 is 29.0 Å². The first-order chi connectivity index (χ1) is 14.7. The summed E-state index contributed by atoms with van der Waals surface area (Å²) in [4.78, 5) is 49.4. The Balaban J connectivity index is 1.80. The number of carbonyl (C=O) groups excluding carboxylic acids is 2. The largest absolute Gasteiger partial charge is 0.506 e. The highest BCUT2D eigenvalue weighted by Gasteiger charge is 2.17. The van der Waals surface area contributed by atoms with Crippen molar-refractivity contribution in [2.75, 3.05) is 25.5 Å². The van der Waals surface area contributed by atoms with Gasteiger partial charge in [-0.25, -0.2) is 4.79 Å². The van der Waals surface area contributed by atoms with Crippen LogP contribution in [0.1, 0.15) is 20.7 Å². The van der Waals surface area contributed by atoms with Crippen LogP contribution in [-0.4, -0.2) is 47.8 Å². The molecule has 0 unspecified atom stereocenters. The maximum atomic E-state index is 12.6. The van der Waals surface area contributed by atoms with Crippen molar-refractivity contribution in [2.24, 2.45) is 0 Å². The smallest absolute Gasteiger partial charge is 0.348 e. The van der Waals surface area contributed by atoms with Crippen molar-refractivity contribution in [3.63, 3.8) is 0 Å². The van der Waals surface area contributed by atoms with Gasteiger partial charge in [-0.1, -0.05) is 0 Å². The summed E-state index contributed by atoms with van der Waals surface area (Å²) < 4.78 is 5.27. The standard InChI is InChI=1S/C21H18N2O7S/c1-23(2)15-9-17-12(8-16(15)24)7-14(20(28)30-17)21(29)31-13-5-3-11(4-6-13)19(27)22-10-18(25)26/h3-9,24H,10H2,1-2H3,(H,22,27)(H,25,26). The van der Waals surface area contributed by atoms with Gasteiger partial charge in [0.15, 0.2) is 0 Å². The Morgan fingerprint density at radius 2 is 1.77 bits per heavy atom. The third-order valence-electron chi connectivity index (χ3n) is 4.26. The molecule has 160 valence electrons. The second-order valence-electron chi connectivity index (χ2n) is 6.71. The highest BCUT2D eigenvalue weighted by molar-refractivity contribution is 8.14. The summed E-state index contributed by atoms with van der Waals surface area (Å²) in [6.45, 7) is -0.503. The molecule has 1 amide bonds. The molecule has 3 rings (SSSR count). The van der Waals surface area contributed by atoms with Gasteiger partial charge >= 0.3 is 11.6 Å². The van der Waals surface area contributed by atoms with Crippen LogP contribution in [-0.2, 0) is 4.79 Å². The molecule has 0 bridgehead atoms. The third kappa shape index (κ3) is 5.04. The minimum absolute atomic E-state index is 0.0193. The maximum Gasteiger partial charge on any atom is 0.348 e. The normalized spacial score (nSPS) is 10.6. The number of hydrogen-bond acceptors (Lipinski definition) is 8. The quantitative estimate of drug-likeness (QED) is 0.388. The molecule has 0 radical (unpaired) electrons. The minimum atomic E-state index is -1.16. The molecule has 0 atom stereocenters. The average Bonchev–Trinajstić information content (AvgIpc) is 2.71. The number of carboxylic acid groups (broad SMARTS) is 1. The third-order valence-corrected chi connectivity index (χ3v) is 5.17. The Hall–Kier alpha value is -3.79. The van der Waals surface area contributed by atoms with Crippen LogP contribution in [0.2, 0.25) is 0 Å². The number of amides is 1. The Morgan fingerprint density at radius 3 is 2.39 bits per heavy atom. The zero-order chi connectivity index (χ0) is 22.7. The molecule has 0 aliphatic carbocycles. The number of carboxylic acids is 1. The number of benzene rings is 2. The fourth-order valence-corrected chi connectivity index (χ4v) is 3.48. The van der Waals surface area contributed by atoms with Gasteiger partial charge in [0.1, 0.15) is 23.4 Å². The van der Waals surface area contributed by atoms with Crippen LogP contribution in [0.5, 0.6) is 5.75 Å². The predicted octanol–water partition coefficient (Wildman–Crippen LogP) is 2.31. The number of carbonyl (C=O) groups is 3. The van der Waals surface area contributed by atoms with E-state index in [1.165, 1.54) is 42.5 Å². The number of anilines is 1. The fourth-order valence-electron chi connectivity index (χ4n) is 2.74. The molecule has 0 spiro atoms. The number of nitrogens with zero attached hydrogens (tertiary/aromatic N) is 1. The summed E-state index contributed by atoms with van der Waals surface area (Å²) in [7, 11) is 3.46. The number of aromatic hydroxyl groups is 1. The number of thioether (sulfide) groups is 1. The van der Waals surface area contributed by atoms with Crippen molar-refractivity contribution in [1.29, 1.82) is 0 Å². The molecule has 0 aliphatic heterocycles. The van der Waals surface area contributed by atoms with Crippen molar-refractivity contribution in [3.05, 3.63) is 64.0 Å². The topological polar surface area (TPSA) is 137 Å². The molecule has 1 heterocycles. The summed E-state index contributed by atoms with van der Waals surface area (Å²) >= 11 is 0.775. The summed E-state index contributed by atoms with van der Waals surface area (Å²) in [5, 5.41) is 20.8. The molecule has 3 N–H and O–H groups in total. The fraction of sp³-hybridized carbons (Fsp3) is 0.143. The van der Waals surface area contributed by atoms with Gasteiger partial charge in [-0.2, -0.15) is 0 Å². The Kier molecular flexibility index (Phi) is 6.30. The number of rotatable bonds is 6. The highest BCUT2D eigenvalue weighted by atomic mass is 32.2. The van der Waals surface area contributed by atoms with Crippen LogP contribution in [0.25, 0.3) is 11.0 Å². The molecule has 0 fully saturated rings. The van der Waals surface area contributed by atoms with Crippen molar-refractivity contribution >= 4 is 45.4 Å². The Bertz CT molecular complexity index is 1230. The van der Waals surface area contributed by atoms with Gasteiger partial charge in [0.2, 0.25) is 5.12 Å². The van der Waals surface area contributed by atoms with Crippen molar-refractivity contribution in [3.8, 4) is 5.75 Å². The minimum Gasteiger partial charge on any atom is -0.506 e. The zero-order valence-corrected chi connectivity index (χ0v) is 17.4. The summed E-state index contributed by atoms with van der Waals surface area (Å²) in [6, 6.07) is 10.2. The first-order valence-corrected chi connectivity index (χ1v) is 9.78. The summed E-state index contributed by atoms with van der Waals surface area (Å²) in [6.07, 6.45) is 0. The van der Waals surface area contributed by atoms with Gasteiger partial charge in [-0.3, -0.25) is 14.4 Å². The molecule has 3 aromatic rings. The molecule has 1 aromatic heterocycles. The molecular weight excluding hydrogens is 424 g/mol. The maximum absolute atomic E-state index is 12.6. The van der Waals surface area contributed by atoms with Gasteiger partial charge < -0.3 is 24.8 Å². The molecule has 2 aromatic carbocycles. The van der Waals surface area contributed by atoms with Gasteiger partial charge in [0, 0.05) is 36.0 Å². The molecule has 0 saturated carbocycles. The Labute approximate surface area is 180 Å². The van der Waals surface area contributed by atoms with E-state index in [-0.39, 0.29) is 22.5 Å². The molecule has 0 aliphatic rings. The number of hydrogen-bond donors (Lipinski definition) is 3. The van der Waals surface area contributed by atoms with E-state index in [1.807, 2.05) is 0 Å². The number of phenols is 1. The van der Waals surface area contributed by atoms with E-state index < -0.39 is 29.2 Å². The molecule has 9 nitrogen and oxygen atoms in total. The van der Waals surface area contributed by atoms with Crippen LogP contribution in [0.4, 0.5) is 5.69 Å². The molecule has 10 heteroatoms. The van der Waals surface area contributed by atoms with E-state index in [9.17, 15) is 24.3 Å². The molecule has 31 heavy (non-hydrogen) atoms. The summed E-state index contributed by atoms with van der Waals surface area (Å²) in [5.41, 5.74) is -0.0420. The second-order valence-corrected chi connectivity index (χ2v) is 7.76. The monoisotopic (exact) mass is 442 g/mol. The number of fused-ring (bicyclic) bond motifs is 1. The number of aliphatic carboxylic acids is 1. The Morgan fingerprint density at radius 1 is 1.10 bits per heavy atom. The van der Waals surface area contributed by atoms with Gasteiger partial charge in [0.05, 0.1) is 5.69 Å². The lowest BCUT2D eigenvalue weighted by Crippen LogP contribution is -2.29. The van der Waals surface area contributed by atoms with Crippen LogP contribution >= 0.6 is 11.8 Å². The van der Waals surface area contributed by atoms with Gasteiger partial charge in [0.25, 0.3) is 5.91 Å². The van der Waals surface area contributed by atoms with Crippen LogP contribution in [0.15, 0.2) is 56.6 Å². The van der Waals surface area contributed by atoms with Crippen molar-refractivity contribution in [2.45, 2.75) is 4.90 Å². The number of nitrogens with one attached hydrogen (secondary N) is 1. The zero-order valence-electron chi connectivity index (χ0n) is 16.5. The van der Waals surface area contributed by atoms with Crippen LogP contribution < -0.4 is 15.8 Å². The van der Waals surface area contributed by atoms with Crippen LogP contribution in [0.3, 0.4) is 0 Å². The molecule has 0 saturated heterocycles. The van der Waals surface area contributed by atoms with E-state index in [1.54, 1.807) is 19.0 Å². The first-order valence-electron chi connectivity index (χ1n) is 8.96. The molecular formula is C21H18N2O7S.